The van der Waals surface area contributed by atoms with Crippen LogP contribution in [0.5, 0.6) is 5.75 Å². The standard InChI is InChI=1S/C11H17NOS/c1-11(2,8-12)14-10-6-4-9(13-3)5-7-10/h4-7H,8,12H2,1-3H3. The van der Waals surface area contributed by atoms with E-state index in [0.717, 1.165) is 5.75 Å². The van der Waals surface area contributed by atoms with Crippen molar-refractivity contribution >= 4 is 11.8 Å². The van der Waals surface area contributed by atoms with Crippen LogP contribution in [0.15, 0.2) is 29.2 Å². The lowest BCUT2D eigenvalue weighted by atomic mass is 10.2. The molecule has 3 heteroatoms. The topological polar surface area (TPSA) is 35.2 Å². The molecule has 0 aliphatic heterocycles. The third-order valence-corrected chi connectivity index (χ3v) is 3.17. The van der Waals surface area contributed by atoms with Crippen LogP contribution in [0.4, 0.5) is 0 Å². The van der Waals surface area contributed by atoms with Gasteiger partial charge in [0.25, 0.3) is 0 Å². The molecule has 0 fully saturated rings. The largest absolute Gasteiger partial charge is 0.497 e. The summed E-state index contributed by atoms with van der Waals surface area (Å²) in [5.41, 5.74) is 5.66. The first-order chi connectivity index (χ1) is 6.57. The van der Waals surface area contributed by atoms with Gasteiger partial charge in [-0.1, -0.05) is 0 Å². The highest BCUT2D eigenvalue weighted by atomic mass is 32.2. The third kappa shape index (κ3) is 3.24. The quantitative estimate of drug-likeness (QED) is 0.777. The van der Waals surface area contributed by atoms with E-state index in [0.29, 0.717) is 6.54 Å². The smallest absolute Gasteiger partial charge is 0.118 e. The van der Waals surface area contributed by atoms with Crippen molar-refractivity contribution in [2.75, 3.05) is 13.7 Å². The predicted octanol–water partition coefficient (Wildman–Crippen LogP) is 2.52. The van der Waals surface area contributed by atoms with E-state index < -0.39 is 0 Å². The van der Waals surface area contributed by atoms with Gasteiger partial charge < -0.3 is 10.5 Å². The fourth-order valence-electron chi connectivity index (χ4n) is 1.00. The van der Waals surface area contributed by atoms with E-state index in [9.17, 15) is 0 Å². The highest BCUT2D eigenvalue weighted by Gasteiger charge is 2.16. The van der Waals surface area contributed by atoms with E-state index in [1.807, 2.05) is 12.1 Å². The molecule has 14 heavy (non-hydrogen) atoms. The monoisotopic (exact) mass is 211 g/mol. The maximum Gasteiger partial charge on any atom is 0.118 e. The van der Waals surface area contributed by atoms with Crippen molar-refractivity contribution in [3.63, 3.8) is 0 Å². The normalized spacial score (nSPS) is 11.4. The van der Waals surface area contributed by atoms with Gasteiger partial charge in [-0.05, 0) is 38.1 Å². The fraction of sp³-hybridized carbons (Fsp3) is 0.455. The summed E-state index contributed by atoms with van der Waals surface area (Å²) in [7, 11) is 1.67. The molecule has 0 unspecified atom stereocenters. The molecule has 2 nitrogen and oxygen atoms in total. The summed E-state index contributed by atoms with van der Waals surface area (Å²) >= 11 is 1.78. The Morgan fingerprint density at radius 3 is 2.29 bits per heavy atom. The van der Waals surface area contributed by atoms with Crippen LogP contribution in [0.2, 0.25) is 0 Å². The Kier molecular flexibility index (Phi) is 3.84. The van der Waals surface area contributed by atoms with Crippen molar-refractivity contribution < 1.29 is 4.74 Å². The molecule has 2 N–H and O–H groups in total. The zero-order chi connectivity index (χ0) is 10.6. The van der Waals surface area contributed by atoms with Crippen molar-refractivity contribution in [1.82, 2.24) is 0 Å². The van der Waals surface area contributed by atoms with Crippen molar-refractivity contribution in [2.24, 2.45) is 5.73 Å². The molecule has 0 saturated heterocycles. The van der Waals surface area contributed by atoms with Gasteiger partial charge in [0.2, 0.25) is 0 Å². The number of benzene rings is 1. The first-order valence-electron chi connectivity index (χ1n) is 4.60. The molecular formula is C11H17NOS. The average molecular weight is 211 g/mol. The van der Waals surface area contributed by atoms with Crippen LogP contribution in [0.3, 0.4) is 0 Å². The Labute approximate surface area is 89.8 Å². The van der Waals surface area contributed by atoms with E-state index in [-0.39, 0.29) is 4.75 Å². The van der Waals surface area contributed by atoms with Gasteiger partial charge >= 0.3 is 0 Å². The molecule has 0 saturated carbocycles. The predicted molar refractivity (Wildman–Crippen MR) is 62.0 cm³/mol. The van der Waals surface area contributed by atoms with Gasteiger partial charge in [-0.3, -0.25) is 0 Å². The van der Waals surface area contributed by atoms with E-state index >= 15 is 0 Å². The van der Waals surface area contributed by atoms with E-state index in [2.05, 4.69) is 26.0 Å². The lowest BCUT2D eigenvalue weighted by Crippen LogP contribution is -2.26. The summed E-state index contributed by atoms with van der Waals surface area (Å²) in [6.45, 7) is 4.95. The van der Waals surface area contributed by atoms with Crippen LogP contribution in [0.1, 0.15) is 13.8 Å². The van der Waals surface area contributed by atoms with E-state index in [1.165, 1.54) is 4.90 Å². The van der Waals surface area contributed by atoms with Crippen LogP contribution in [-0.4, -0.2) is 18.4 Å². The minimum atomic E-state index is 0.0919. The van der Waals surface area contributed by atoms with E-state index in [4.69, 9.17) is 10.5 Å². The van der Waals surface area contributed by atoms with Crippen LogP contribution in [0, 0.1) is 0 Å². The highest BCUT2D eigenvalue weighted by molar-refractivity contribution is 8.00. The number of methoxy groups -OCH3 is 1. The Morgan fingerprint density at radius 2 is 1.86 bits per heavy atom. The Morgan fingerprint density at radius 1 is 1.29 bits per heavy atom. The van der Waals surface area contributed by atoms with Crippen LogP contribution >= 0.6 is 11.8 Å². The van der Waals surface area contributed by atoms with Crippen molar-refractivity contribution in [3.8, 4) is 5.75 Å². The number of ether oxygens (including phenoxy) is 1. The highest BCUT2D eigenvalue weighted by Crippen LogP contribution is 2.32. The molecule has 1 aromatic carbocycles. The summed E-state index contributed by atoms with van der Waals surface area (Å²) in [5, 5.41) is 0. The molecule has 0 aliphatic carbocycles. The van der Waals surface area contributed by atoms with Crippen molar-refractivity contribution in [1.29, 1.82) is 0 Å². The molecule has 78 valence electrons. The number of nitrogens with two attached hydrogens (primary N) is 1. The Balaban J connectivity index is 2.69. The molecular weight excluding hydrogens is 194 g/mol. The summed E-state index contributed by atoms with van der Waals surface area (Å²) in [6.07, 6.45) is 0. The average Bonchev–Trinajstić information content (AvgIpc) is 2.19. The van der Waals surface area contributed by atoms with Gasteiger partial charge in [0.1, 0.15) is 5.75 Å². The molecule has 0 spiro atoms. The van der Waals surface area contributed by atoms with Gasteiger partial charge in [0.05, 0.1) is 7.11 Å². The molecule has 0 amide bonds. The summed E-state index contributed by atoms with van der Waals surface area (Å²) in [6, 6.07) is 8.05. The number of hydrogen-bond donors (Lipinski definition) is 1. The molecule has 1 aromatic rings. The first-order valence-corrected chi connectivity index (χ1v) is 5.42. The Bertz CT molecular complexity index is 282. The second-order valence-electron chi connectivity index (χ2n) is 3.74. The summed E-state index contributed by atoms with van der Waals surface area (Å²) < 4.78 is 5.18. The minimum Gasteiger partial charge on any atom is -0.497 e. The number of hydrogen-bond acceptors (Lipinski definition) is 3. The van der Waals surface area contributed by atoms with Gasteiger partial charge in [0.15, 0.2) is 0 Å². The second kappa shape index (κ2) is 4.71. The molecule has 0 aromatic heterocycles. The van der Waals surface area contributed by atoms with Gasteiger partial charge in [-0.25, -0.2) is 0 Å². The second-order valence-corrected chi connectivity index (χ2v) is 5.52. The number of rotatable bonds is 4. The van der Waals surface area contributed by atoms with E-state index in [1.54, 1.807) is 18.9 Å². The minimum absolute atomic E-state index is 0.0919. The summed E-state index contributed by atoms with van der Waals surface area (Å²) in [5.74, 6) is 0.889. The van der Waals surface area contributed by atoms with Gasteiger partial charge in [-0.15, -0.1) is 11.8 Å². The van der Waals surface area contributed by atoms with Crippen molar-refractivity contribution in [2.45, 2.75) is 23.5 Å². The lowest BCUT2D eigenvalue weighted by Gasteiger charge is -2.21. The molecule has 0 heterocycles. The van der Waals surface area contributed by atoms with Gasteiger partial charge in [0, 0.05) is 16.2 Å². The lowest BCUT2D eigenvalue weighted by molar-refractivity contribution is 0.414. The molecule has 0 aliphatic rings. The van der Waals surface area contributed by atoms with Crippen LogP contribution < -0.4 is 10.5 Å². The first kappa shape index (κ1) is 11.4. The third-order valence-electron chi connectivity index (χ3n) is 1.95. The molecule has 1 rings (SSSR count). The summed E-state index contributed by atoms with van der Waals surface area (Å²) in [4.78, 5) is 1.22. The van der Waals surface area contributed by atoms with Gasteiger partial charge in [-0.2, -0.15) is 0 Å². The zero-order valence-corrected chi connectivity index (χ0v) is 9.73. The zero-order valence-electron chi connectivity index (χ0n) is 8.91. The SMILES string of the molecule is COc1ccc(SC(C)(C)CN)cc1. The molecule has 0 atom stereocenters. The van der Waals surface area contributed by atoms with Crippen LogP contribution in [-0.2, 0) is 0 Å². The van der Waals surface area contributed by atoms with Crippen LogP contribution in [0.25, 0.3) is 0 Å². The maximum atomic E-state index is 5.66. The fourth-order valence-corrected chi connectivity index (χ4v) is 2.00. The Hall–Kier alpha value is -0.670. The number of thioether (sulfide) groups is 1. The molecule has 0 bridgehead atoms. The van der Waals surface area contributed by atoms with Crippen molar-refractivity contribution in [3.05, 3.63) is 24.3 Å². The maximum absolute atomic E-state index is 5.66. The molecule has 0 radical (unpaired) electrons.